The quantitative estimate of drug-likeness (QED) is 0.527. The van der Waals surface area contributed by atoms with Crippen LogP contribution in [-0.4, -0.2) is 36.1 Å². The van der Waals surface area contributed by atoms with Gasteiger partial charge in [0.25, 0.3) is 15.9 Å². The molecule has 32 heavy (non-hydrogen) atoms. The van der Waals surface area contributed by atoms with Crippen LogP contribution < -0.4 is 4.72 Å². The van der Waals surface area contributed by atoms with Gasteiger partial charge in [0.2, 0.25) is 0 Å². The van der Waals surface area contributed by atoms with Gasteiger partial charge < -0.3 is 4.90 Å². The number of carbonyl (C=O) groups is 1. The lowest BCUT2D eigenvalue weighted by molar-refractivity contribution is 0.0784. The van der Waals surface area contributed by atoms with Crippen LogP contribution >= 0.6 is 0 Å². The van der Waals surface area contributed by atoms with E-state index in [-0.39, 0.29) is 10.8 Å². The molecule has 2 aromatic carbocycles. The number of hydrogen-bond acceptors (Lipinski definition) is 4. The predicted octanol–water partition coefficient (Wildman–Crippen LogP) is 4.14. The Kier molecular flexibility index (Phi) is 7.35. The van der Waals surface area contributed by atoms with E-state index in [0.29, 0.717) is 23.4 Å². The maximum atomic E-state index is 13.0. The lowest BCUT2D eigenvalue weighted by atomic mass is 10.1. The molecule has 0 atom stereocenters. The molecular formula is C24H30N4O3S. The molecule has 0 unspecified atom stereocenters. The fourth-order valence-corrected chi connectivity index (χ4v) is 4.52. The van der Waals surface area contributed by atoms with Gasteiger partial charge in [-0.1, -0.05) is 31.5 Å². The van der Waals surface area contributed by atoms with Crippen molar-refractivity contribution in [2.24, 2.45) is 7.05 Å². The first kappa shape index (κ1) is 23.5. The SMILES string of the molecule is CCCCc1ccc(NS(=O)(=O)c2ccc(C)c(C(=O)N(C)Cc3cnn(C)c3)c2)cc1. The fraction of sp³-hybridized carbons (Fsp3) is 0.333. The molecule has 0 bridgehead atoms. The number of amides is 1. The zero-order chi connectivity index (χ0) is 23.3. The minimum absolute atomic E-state index is 0.0521. The third kappa shape index (κ3) is 5.76. The molecule has 0 spiro atoms. The molecule has 8 heteroatoms. The van der Waals surface area contributed by atoms with Crippen molar-refractivity contribution in [2.45, 2.75) is 44.6 Å². The normalized spacial score (nSPS) is 11.4. The Morgan fingerprint density at radius 2 is 1.84 bits per heavy atom. The Labute approximate surface area is 190 Å². The monoisotopic (exact) mass is 454 g/mol. The standard InChI is InChI=1S/C24H30N4O3S/c1-5-6-7-19-9-11-21(12-10-19)26-32(30,31)22-13-8-18(2)23(14-22)24(29)27(3)16-20-15-25-28(4)17-20/h8-15,17,26H,5-7,16H2,1-4H3. The van der Waals surface area contributed by atoms with Crippen molar-refractivity contribution in [2.75, 3.05) is 11.8 Å². The van der Waals surface area contributed by atoms with Crippen LogP contribution in [0, 0.1) is 6.92 Å². The third-order valence-electron chi connectivity index (χ3n) is 5.30. The second kappa shape index (κ2) is 9.99. The van der Waals surface area contributed by atoms with Gasteiger partial charge in [-0.15, -0.1) is 0 Å². The van der Waals surface area contributed by atoms with Crippen LogP contribution in [0.25, 0.3) is 0 Å². The van der Waals surface area contributed by atoms with E-state index in [2.05, 4.69) is 16.7 Å². The van der Waals surface area contributed by atoms with E-state index in [1.165, 1.54) is 17.7 Å². The van der Waals surface area contributed by atoms with Crippen LogP contribution in [0.1, 0.15) is 46.8 Å². The van der Waals surface area contributed by atoms with E-state index in [0.717, 1.165) is 24.8 Å². The van der Waals surface area contributed by atoms with Crippen LogP contribution in [0.15, 0.2) is 59.8 Å². The maximum absolute atomic E-state index is 13.0. The number of hydrogen-bond donors (Lipinski definition) is 1. The van der Waals surface area contributed by atoms with Gasteiger partial charge in [-0.2, -0.15) is 5.10 Å². The number of nitrogens with one attached hydrogen (secondary N) is 1. The van der Waals surface area contributed by atoms with Gasteiger partial charge in [0, 0.05) is 43.7 Å². The summed E-state index contributed by atoms with van der Waals surface area (Å²) in [6.07, 6.45) is 6.73. The first-order valence-electron chi connectivity index (χ1n) is 10.6. The van der Waals surface area contributed by atoms with Crippen molar-refractivity contribution in [3.63, 3.8) is 0 Å². The Morgan fingerprint density at radius 1 is 1.12 bits per heavy atom. The number of carbonyl (C=O) groups excluding carboxylic acids is 1. The second-order valence-electron chi connectivity index (χ2n) is 8.07. The number of nitrogens with zero attached hydrogens (tertiary/aromatic N) is 3. The van der Waals surface area contributed by atoms with Crippen LogP contribution in [0.2, 0.25) is 0 Å². The molecule has 0 fully saturated rings. The molecule has 7 nitrogen and oxygen atoms in total. The number of sulfonamides is 1. The van der Waals surface area contributed by atoms with E-state index in [1.54, 1.807) is 47.9 Å². The van der Waals surface area contributed by atoms with Crippen LogP contribution in [-0.2, 0) is 30.0 Å². The lowest BCUT2D eigenvalue weighted by Crippen LogP contribution is -2.27. The first-order valence-corrected chi connectivity index (χ1v) is 12.1. The van der Waals surface area contributed by atoms with Crippen LogP contribution in [0.3, 0.4) is 0 Å². The molecule has 0 saturated carbocycles. The van der Waals surface area contributed by atoms with E-state index in [1.807, 2.05) is 25.4 Å². The van der Waals surface area contributed by atoms with Crippen LogP contribution in [0.5, 0.6) is 0 Å². The summed E-state index contributed by atoms with van der Waals surface area (Å²) in [7, 11) is -0.327. The van der Waals surface area contributed by atoms with E-state index < -0.39 is 10.0 Å². The van der Waals surface area contributed by atoms with Gasteiger partial charge in [0.05, 0.1) is 11.1 Å². The summed E-state index contributed by atoms with van der Waals surface area (Å²) in [4.78, 5) is 14.6. The van der Waals surface area contributed by atoms with Crippen LogP contribution in [0.4, 0.5) is 5.69 Å². The molecular weight excluding hydrogens is 424 g/mol. The number of rotatable bonds is 9. The topological polar surface area (TPSA) is 84.3 Å². The summed E-state index contributed by atoms with van der Waals surface area (Å²) in [6, 6.07) is 12.0. The molecule has 1 heterocycles. The highest BCUT2D eigenvalue weighted by Crippen LogP contribution is 2.21. The lowest BCUT2D eigenvalue weighted by Gasteiger charge is -2.18. The zero-order valence-electron chi connectivity index (χ0n) is 19.0. The number of anilines is 1. The molecule has 0 radical (unpaired) electrons. The summed E-state index contributed by atoms with van der Waals surface area (Å²) in [6.45, 7) is 4.31. The van der Waals surface area contributed by atoms with Crippen molar-refractivity contribution < 1.29 is 13.2 Å². The second-order valence-corrected chi connectivity index (χ2v) is 9.75. The number of unbranched alkanes of at least 4 members (excludes halogenated alkanes) is 1. The minimum Gasteiger partial charge on any atom is -0.337 e. The molecule has 0 aliphatic carbocycles. The van der Waals surface area contributed by atoms with Crippen molar-refractivity contribution in [1.29, 1.82) is 0 Å². The molecule has 0 aliphatic rings. The maximum Gasteiger partial charge on any atom is 0.261 e. The largest absolute Gasteiger partial charge is 0.337 e. The summed E-state index contributed by atoms with van der Waals surface area (Å²) < 4.78 is 30.2. The Balaban J connectivity index is 1.77. The smallest absolute Gasteiger partial charge is 0.261 e. The molecule has 1 N–H and O–H groups in total. The molecule has 3 aromatic rings. The van der Waals surface area contributed by atoms with Crippen molar-refractivity contribution in [3.05, 3.63) is 77.1 Å². The highest BCUT2D eigenvalue weighted by Gasteiger charge is 2.20. The molecule has 3 rings (SSSR count). The predicted molar refractivity (Wildman–Crippen MR) is 126 cm³/mol. The van der Waals surface area contributed by atoms with Gasteiger partial charge in [0.15, 0.2) is 0 Å². The number of aryl methyl sites for hydroxylation is 3. The molecule has 0 saturated heterocycles. The third-order valence-corrected chi connectivity index (χ3v) is 6.68. The van der Waals surface area contributed by atoms with E-state index in [4.69, 9.17) is 0 Å². The molecule has 1 aromatic heterocycles. The highest BCUT2D eigenvalue weighted by atomic mass is 32.2. The number of aromatic nitrogens is 2. The van der Waals surface area contributed by atoms with Crippen molar-refractivity contribution >= 4 is 21.6 Å². The summed E-state index contributed by atoms with van der Waals surface area (Å²) in [5.41, 5.74) is 3.64. The average molecular weight is 455 g/mol. The summed E-state index contributed by atoms with van der Waals surface area (Å²) >= 11 is 0. The Morgan fingerprint density at radius 3 is 2.47 bits per heavy atom. The zero-order valence-corrected chi connectivity index (χ0v) is 19.8. The average Bonchev–Trinajstić information content (AvgIpc) is 3.17. The molecule has 0 aliphatic heterocycles. The summed E-state index contributed by atoms with van der Waals surface area (Å²) in [5.74, 6) is -0.247. The van der Waals surface area contributed by atoms with Gasteiger partial charge >= 0.3 is 0 Å². The van der Waals surface area contributed by atoms with Gasteiger partial charge in [-0.3, -0.25) is 14.2 Å². The van der Waals surface area contributed by atoms with Gasteiger partial charge in [-0.05, 0) is 55.2 Å². The van der Waals surface area contributed by atoms with E-state index in [9.17, 15) is 13.2 Å². The minimum atomic E-state index is -3.83. The van der Waals surface area contributed by atoms with Gasteiger partial charge in [0.1, 0.15) is 0 Å². The van der Waals surface area contributed by atoms with Crippen molar-refractivity contribution in [1.82, 2.24) is 14.7 Å². The Hall–Kier alpha value is -3.13. The summed E-state index contributed by atoms with van der Waals surface area (Å²) in [5, 5.41) is 4.12. The van der Waals surface area contributed by atoms with Gasteiger partial charge in [-0.25, -0.2) is 8.42 Å². The highest BCUT2D eigenvalue weighted by molar-refractivity contribution is 7.92. The Bertz CT molecular complexity index is 1180. The molecule has 1 amide bonds. The number of benzene rings is 2. The first-order chi connectivity index (χ1) is 15.2. The fourth-order valence-electron chi connectivity index (χ4n) is 3.44. The van der Waals surface area contributed by atoms with E-state index >= 15 is 0 Å². The molecule has 170 valence electrons. The van der Waals surface area contributed by atoms with Crippen molar-refractivity contribution in [3.8, 4) is 0 Å².